The van der Waals surface area contributed by atoms with Crippen molar-refractivity contribution in [1.82, 2.24) is 9.97 Å². The molecule has 1 aliphatic heterocycles. The summed E-state index contributed by atoms with van der Waals surface area (Å²) in [5.41, 5.74) is 1.86. The molecule has 2 heterocycles. The maximum Gasteiger partial charge on any atom is 0.329 e. The number of esters is 1. The lowest BCUT2D eigenvalue weighted by Gasteiger charge is -2.33. The van der Waals surface area contributed by atoms with Gasteiger partial charge in [0.05, 0.1) is 56.4 Å². The van der Waals surface area contributed by atoms with Crippen LogP contribution < -0.4 is 9.80 Å². The summed E-state index contributed by atoms with van der Waals surface area (Å²) in [7, 11) is 0. The Hall–Kier alpha value is -2.72. The number of aromatic nitrogens is 2. The molecule has 30 heavy (non-hydrogen) atoms. The number of hydrogen-bond acceptors (Lipinski definition) is 6. The number of hydrogen-bond donors (Lipinski definition) is 1. The number of nitrogens with one attached hydrogen (secondary N) is 1. The molecule has 160 valence electrons. The van der Waals surface area contributed by atoms with Gasteiger partial charge in [-0.15, -0.1) is 0 Å². The van der Waals surface area contributed by atoms with E-state index in [0.29, 0.717) is 29.6 Å². The highest BCUT2D eigenvalue weighted by Gasteiger charge is 2.32. The number of piperazine rings is 1. The molecular formula is C23H32N5O2+. The standard InChI is InChI=1S/C23H31N5O2/c1-4-17(5-2)16-30-23(29)18(15-24)21-22(28-13-11-27(6-3)12-14-28)26-20-10-8-7-9-19(20)25-21/h7-10,17-18H,4-6,11-14,16H2,1-3H3/p+1/t18-/m1/s1. The largest absolute Gasteiger partial charge is 0.464 e. The number of nitriles is 1. The maximum absolute atomic E-state index is 12.8. The average molecular weight is 411 g/mol. The second-order valence-electron chi connectivity index (χ2n) is 7.89. The molecule has 7 nitrogen and oxygen atoms in total. The molecule has 3 rings (SSSR count). The smallest absolute Gasteiger partial charge is 0.329 e. The lowest BCUT2D eigenvalue weighted by atomic mass is 10.0. The summed E-state index contributed by atoms with van der Waals surface area (Å²) in [6, 6.07) is 9.71. The number of carbonyl (C=O) groups is 1. The first-order valence-corrected chi connectivity index (χ1v) is 11.0. The van der Waals surface area contributed by atoms with E-state index in [0.717, 1.165) is 51.1 Å². The van der Waals surface area contributed by atoms with Gasteiger partial charge in [-0.25, -0.2) is 9.97 Å². The first kappa shape index (κ1) is 22.0. The highest BCUT2D eigenvalue weighted by Crippen LogP contribution is 2.28. The average Bonchev–Trinajstić information content (AvgIpc) is 2.80. The molecule has 1 aromatic heterocycles. The van der Waals surface area contributed by atoms with Gasteiger partial charge in [0, 0.05) is 0 Å². The van der Waals surface area contributed by atoms with Crippen LogP contribution in [-0.4, -0.2) is 55.3 Å². The Balaban J connectivity index is 1.93. The van der Waals surface area contributed by atoms with Gasteiger partial charge in [-0.05, 0) is 25.0 Å². The highest BCUT2D eigenvalue weighted by atomic mass is 16.5. The van der Waals surface area contributed by atoms with E-state index in [2.05, 4.69) is 31.7 Å². The molecule has 0 unspecified atom stereocenters. The SMILES string of the molecule is CCC(CC)COC(=O)[C@H](C#N)c1nc2ccccc2nc1N1CC[NH+](CC)CC1. The van der Waals surface area contributed by atoms with Crippen molar-refractivity contribution in [1.29, 1.82) is 5.26 Å². The number of quaternary nitrogens is 1. The predicted octanol–water partition coefficient (Wildman–Crippen LogP) is 1.94. The summed E-state index contributed by atoms with van der Waals surface area (Å²) in [6.45, 7) is 11.4. The zero-order chi connectivity index (χ0) is 21.5. The number of carbonyl (C=O) groups excluding carboxylic acids is 1. The number of benzene rings is 1. The van der Waals surface area contributed by atoms with Gasteiger partial charge in [-0.2, -0.15) is 5.26 Å². The molecule has 0 saturated carbocycles. The minimum absolute atomic E-state index is 0.306. The van der Waals surface area contributed by atoms with Crippen molar-refractivity contribution in [2.24, 2.45) is 5.92 Å². The molecule has 1 aromatic carbocycles. The molecule has 0 amide bonds. The number of ether oxygens (including phenoxy) is 1. The van der Waals surface area contributed by atoms with Gasteiger partial charge in [0.25, 0.3) is 0 Å². The van der Waals surface area contributed by atoms with E-state index in [1.54, 1.807) is 4.90 Å². The summed E-state index contributed by atoms with van der Waals surface area (Å²) in [6.07, 6.45) is 1.87. The van der Waals surface area contributed by atoms with E-state index in [1.165, 1.54) is 0 Å². The van der Waals surface area contributed by atoms with Crippen LogP contribution in [0.25, 0.3) is 11.0 Å². The Kier molecular flexibility index (Phi) is 7.58. The van der Waals surface area contributed by atoms with E-state index in [1.807, 2.05) is 24.3 Å². The van der Waals surface area contributed by atoms with Crippen molar-refractivity contribution in [3.8, 4) is 6.07 Å². The third-order valence-electron chi connectivity index (χ3n) is 6.10. The third kappa shape index (κ3) is 4.88. The van der Waals surface area contributed by atoms with Crippen LogP contribution in [0.15, 0.2) is 24.3 Å². The zero-order valence-electron chi connectivity index (χ0n) is 18.2. The van der Waals surface area contributed by atoms with E-state index >= 15 is 0 Å². The fourth-order valence-corrected chi connectivity index (χ4v) is 3.85. The van der Waals surface area contributed by atoms with Crippen molar-refractivity contribution in [2.75, 3.05) is 44.2 Å². The number of para-hydroxylation sites is 2. The molecule has 0 bridgehead atoms. The van der Waals surface area contributed by atoms with Gasteiger partial charge in [0.2, 0.25) is 0 Å². The normalized spacial score (nSPS) is 15.9. The highest BCUT2D eigenvalue weighted by molar-refractivity contribution is 5.85. The predicted molar refractivity (Wildman–Crippen MR) is 116 cm³/mol. The van der Waals surface area contributed by atoms with Gasteiger partial charge < -0.3 is 14.5 Å². The van der Waals surface area contributed by atoms with Gasteiger partial charge in [-0.3, -0.25) is 4.79 Å². The molecule has 0 spiro atoms. The van der Waals surface area contributed by atoms with Crippen LogP contribution in [0.2, 0.25) is 0 Å². The first-order chi connectivity index (χ1) is 14.6. The molecule has 1 N–H and O–H groups in total. The molecule has 1 atom stereocenters. The second kappa shape index (κ2) is 10.4. The minimum Gasteiger partial charge on any atom is -0.464 e. The van der Waals surface area contributed by atoms with Crippen LogP contribution in [-0.2, 0) is 9.53 Å². The number of rotatable bonds is 8. The molecule has 0 aliphatic carbocycles. The monoisotopic (exact) mass is 410 g/mol. The van der Waals surface area contributed by atoms with Crippen LogP contribution in [0.4, 0.5) is 5.82 Å². The lowest BCUT2D eigenvalue weighted by molar-refractivity contribution is -0.898. The Morgan fingerprint density at radius 2 is 1.80 bits per heavy atom. The molecular weight excluding hydrogens is 378 g/mol. The van der Waals surface area contributed by atoms with Gasteiger partial charge >= 0.3 is 5.97 Å². The van der Waals surface area contributed by atoms with Crippen LogP contribution in [0, 0.1) is 17.2 Å². The number of likely N-dealkylation sites (N-methyl/N-ethyl adjacent to an activating group) is 1. The topological polar surface area (TPSA) is 83.5 Å². The van der Waals surface area contributed by atoms with Crippen LogP contribution >= 0.6 is 0 Å². The van der Waals surface area contributed by atoms with Crippen LogP contribution in [0.5, 0.6) is 0 Å². The Morgan fingerprint density at radius 1 is 1.17 bits per heavy atom. The summed E-state index contributed by atoms with van der Waals surface area (Å²) < 4.78 is 5.53. The Bertz CT molecular complexity index is 898. The molecule has 1 fully saturated rings. The summed E-state index contributed by atoms with van der Waals surface area (Å²) >= 11 is 0. The van der Waals surface area contributed by atoms with E-state index in [-0.39, 0.29) is 0 Å². The van der Waals surface area contributed by atoms with E-state index < -0.39 is 11.9 Å². The van der Waals surface area contributed by atoms with Crippen LogP contribution in [0.1, 0.15) is 45.2 Å². The quantitative estimate of drug-likeness (QED) is 0.670. The van der Waals surface area contributed by atoms with E-state index in [9.17, 15) is 10.1 Å². The van der Waals surface area contributed by atoms with Crippen molar-refractivity contribution in [3.63, 3.8) is 0 Å². The second-order valence-corrected chi connectivity index (χ2v) is 7.89. The zero-order valence-corrected chi connectivity index (χ0v) is 18.2. The number of nitrogens with zero attached hydrogens (tertiary/aromatic N) is 4. The third-order valence-corrected chi connectivity index (χ3v) is 6.10. The molecule has 0 radical (unpaired) electrons. The molecule has 7 heteroatoms. The maximum atomic E-state index is 12.8. The first-order valence-electron chi connectivity index (χ1n) is 11.0. The Morgan fingerprint density at radius 3 is 2.37 bits per heavy atom. The Labute approximate surface area is 178 Å². The van der Waals surface area contributed by atoms with Gasteiger partial charge in [0.15, 0.2) is 11.7 Å². The number of anilines is 1. The summed E-state index contributed by atoms with van der Waals surface area (Å²) in [5, 5.41) is 9.86. The fourth-order valence-electron chi connectivity index (χ4n) is 3.85. The summed E-state index contributed by atoms with van der Waals surface area (Å²) in [4.78, 5) is 26.1. The summed E-state index contributed by atoms with van der Waals surface area (Å²) in [5.74, 6) is -0.675. The van der Waals surface area contributed by atoms with Crippen molar-refractivity contribution >= 4 is 22.8 Å². The van der Waals surface area contributed by atoms with Gasteiger partial charge in [0.1, 0.15) is 5.69 Å². The molecule has 1 saturated heterocycles. The minimum atomic E-state index is -1.08. The van der Waals surface area contributed by atoms with Crippen molar-refractivity contribution < 1.29 is 14.4 Å². The lowest BCUT2D eigenvalue weighted by Crippen LogP contribution is -3.14. The van der Waals surface area contributed by atoms with E-state index in [4.69, 9.17) is 14.7 Å². The van der Waals surface area contributed by atoms with Gasteiger partial charge in [-0.1, -0.05) is 38.8 Å². The number of fused-ring (bicyclic) bond motifs is 1. The van der Waals surface area contributed by atoms with Crippen molar-refractivity contribution in [2.45, 2.75) is 39.5 Å². The van der Waals surface area contributed by atoms with Crippen molar-refractivity contribution in [3.05, 3.63) is 30.0 Å². The van der Waals surface area contributed by atoms with Crippen LogP contribution in [0.3, 0.4) is 0 Å². The fraction of sp³-hybridized carbons (Fsp3) is 0.565. The molecule has 1 aliphatic rings. The molecule has 2 aromatic rings.